The Morgan fingerprint density at radius 1 is 0.947 bits per heavy atom. The molecule has 1 unspecified atom stereocenters. The van der Waals surface area contributed by atoms with Crippen LogP contribution in [0.3, 0.4) is 0 Å². The van der Waals surface area contributed by atoms with Crippen LogP contribution in [0.2, 0.25) is 0 Å². The lowest BCUT2D eigenvalue weighted by Gasteiger charge is -2.26. The Hall–Kier alpha value is -4.59. The summed E-state index contributed by atoms with van der Waals surface area (Å²) in [5.74, 6) is -0.680. The van der Waals surface area contributed by atoms with E-state index in [2.05, 4.69) is 5.32 Å². The van der Waals surface area contributed by atoms with Gasteiger partial charge in [0, 0.05) is 23.9 Å². The van der Waals surface area contributed by atoms with Crippen molar-refractivity contribution in [1.29, 1.82) is 0 Å². The highest BCUT2D eigenvalue weighted by Crippen LogP contribution is 2.43. The summed E-state index contributed by atoms with van der Waals surface area (Å²) in [5.41, 5.74) is 2.87. The third-order valence-electron chi connectivity index (χ3n) is 6.47. The normalized spacial score (nSPS) is 16.6. The number of amides is 2. The molecule has 8 nitrogen and oxygen atoms in total. The summed E-state index contributed by atoms with van der Waals surface area (Å²) >= 11 is 0. The first-order chi connectivity index (χ1) is 18.2. The van der Waals surface area contributed by atoms with Gasteiger partial charge >= 0.3 is 0 Å². The number of aliphatic hydroxyl groups excluding tert-OH is 1. The van der Waals surface area contributed by atoms with E-state index < -0.39 is 17.7 Å². The molecule has 0 saturated carbocycles. The van der Waals surface area contributed by atoms with Gasteiger partial charge in [-0.2, -0.15) is 0 Å². The average Bonchev–Trinajstić information content (AvgIpc) is 3.18. The monoisotopic (exact) mass is 514 g/mol. The van der Waals surface area contributed by atoms with Crippen LogP contribution in [0.4, 0.5) is 11.4 Å². The van der Waals surface area contributed by atoms with E-state index >= 15 is 0 Å². The summed E-state index contributed by atoms with van der Waals surface area (Å²) in [6, 6.07) is 17.9. The second kappa shape index (κ2) is 10.8. The molecule has 3 aromatic rings. The molecule has 1 atom stereocenters. The van der Waals surface area contributed by atoms with Crippen molar-refractivity contribution < 1.29 is 29.0 Å². The van der Waals surface area contributed by atoms with Crippen molar-refractivity contribution >= 4 is 34.7 Å². The lowest BCUT2D eigenvalue weighted by molar-refractivity contribution is -0.132. The van der Waals surface area contributed by atoms with E-state index in [4.69, 9.17) is 9.47 Å². The molecule has 4 rings (SSSR count). The molecule has 38 heavy (non-hydrogen) atoms. The number of carbonyl (C=O) groups excluding carboxylic acids is 3. The van der Waals surface area contributed by atoms with Crippen LogP contribution >= 0.6 is 0 Å². The van der Waals surface area contributed by atoms with Crippen molar-refractivity contribution in [2.24, 2.45) is 0 Å². The van der Waals surface area contributed by atoms with E-state index in [0.717, 1.165) is 5.56 Å². The Bertz CT molecular complexity index is 1410. The largest absolute Gasteiger partial charge is 0.507 e. The maximum absolute atomic E-state index is 13.4. The van der Waals surface area contributed by atoms with Gasteiger partial charge in [-0.3, -0.25) is 19.3 Å². The van der Waals surface area contributed by atoms with Crippen LogP contribution in [0.15, 0.2) is 72.3 Å². The van der Waals surface area contributed by atoms with E-state index in [-0.39, 0.29) is 23.2 Å². The van der Waals surface area contributed by atoms with Gasteiger partial charge in [0.15, 0.2) is 0 Å². The first-order valence-corrected chi connectivity index (χ1v) is 12.2. The number of benzene rings is 3. The van der Waals surface area contributed by atoms with Crippen LogP contribution in [0.1, 0.15) is 49.4 Å². The number of Topliss-reactive ketones (excluding diaryl/α,β-unsaturated/α-hetero) is 1. The second-order valence-electron chi connectivity index (χ2n) is 9.28. The van der Waals surface area contributed by atoms with Crippen molar-refractivity contribution in [3.63, 3.8) is 0 Å². The van der Waals surface area contributed by atoms with E-state index in [9.17, 15) is 19.5 Å². The van der Waals surface area contributed by atoms with Crippen LogP contribution in [-0.4, -0.2) is 36.9 Å². The fraction of sp³-hybridized carbons (Fsp3) is 0.233. The molecule has 1 heterocycles. The summed E-state index contributed by atoms with van der Waals surface area (Å²) < 4.78 is 10.7. The molecule has 1 aliphatic rings. The first-order valence-electron chi connectivity index (χ1n) is 12.2. The number of ketones is 1. The Balaban J connectivity index is 1.89. The summed E-state index contributed by atoms with van der Waals surface area (Å²) in [4.78, 5) is 39.6. The molecule has 0 aliphatic carbocycles. The van der Waals surface area contributed by atoms with Gasteiger partial charge in [0.2, 0.25) is 5.91 Å². The number of hydrogen-bond donors (Lipinski definition) is 2. The summed E-state index contributed by atoms with van der Waals surface area (Å²) in [6.45, 7) is 5.41. The Morgan fingerprint density at radius 3 is 2.16 bits per heavy atom. The summed E-state index contributed by atoms with van der Waals surface area (Å²) in [5, 5.41) is 14.2. The topological polar surface area (TPSA) is 105 Å². The summed E-state index contributed by atoms with van der Waals surface area (Å²) in [7, 11) is 3.13. The molecule has 0 bridgehead atoms. The standard InChI is InChI=1S/C30H30N2O6/c1-17(2)24-16-20(8-15-25(24)38-5)28(34)26-27(19-6-13-23(37-4)14-7-19)32(30(36)29(26)35)22-11-9-21(10-12-22)31-18(3)33/h6-17,27,34H,1-5H3,(H,31,33)/b28-26-. The molecule has 1 aliphatic heterocycles. The third kappa shape index (κ3) is 4.98. The Labute approximate surface area is 221 Å². The number of nitrogens with one attached hydrogen (secondary N) is 1. The van der Waals surface area contributed by atoms with Gasteiger partial charge in [-0.05, 0) is 71.6 Å². The van der Waals surface area contributed by atoms with Gasteiger partial charge < -0.3 is 19.9 Å². The number of rotatable bonds is 7. The van der Waals surface area contributed by atoms with Crippen LogP contribution in [-0.2, 0) is 14.4 Å². The number of aliphatic hydroxyl groups is 1. The number of ether oxygens (including phenoxy) is 2. The molecule has 3 aromatic carbocycles. The van der Waals surface area contributed by atoms with Crippen molar-refractivity contribution in [3.05, 3.63) is 89.0 Å². The quantitative estimate of drug-likeness (QED) is 0.248. The van der Waals surface area contributed by atoms with Crippen LogP contribution in [0.5, 0.6) is 11.5 Å². The minimum atomic E-state index is -0.892. The lowest BCUT2D eigenvalue weighted by atomic mass is 9.93. The van der Waals surface area contributed by atoms with Crippen molar-refractivity contribution in [2.45, 2.75) is 32.7 Å². The molecule has 0 aromatic heterocycles. The average molecular weight is 515 g/mol. The molecule has 196 valence electrons. The highest BCUT2D eigenvalue weighted by atomic mass is 16.5. The zero-order valence-corrected chi connectivity index (χ0v) is 21.9. The van der Waals surface area contributed by atoms with E-state index in [1.165, 1.54) is 11.8 Å². The maximum Gasteiger partial charge on any atom is 0.300 e. The zero-order chi connectivity index (χ0) is 27.6. The smallest absolute Gasteiger partial charge is 0.300 e. The predicted molar refractivity (Wildman–Crippen MR) is 146 cm³/mol. The van der Waals surface area contributed by atoms with Crippen LogP contribution in [0, 0.1) is 0 Å². The molecule has 0 radical (unpaired) electrons. The maximum atomic E-state index is 13.4. The van der Waals surface area contributed by atoms with E-state index in [1.54, 1.807) is 80.9 Å². The van der Waals surface area contributed by atoms with Gasteiger partial charge in [0.05, 0.1) is 25.8 Å². The molecule has 2 amide bonds. The molecule has 1 saturated heterocycles. The van der Waals surface area contributed by atoms with Crippen LogP contribution < -0.4 is 19.7 Å². The highest BCUT2D eigenvalue weighted by Gasteiger charge is 2.47. The molecule has 0 spiro atoms. The molecular formula is C30H30N2O6. The Kier molecular flexibility index (Phi) is 7.52. The lowest BCUT2D eigenvalue weighted by Crippen LogP contribution is -2.29. The third-order valence-corrected chi connectivity index (χ3v) is 6.47. The molecular weight excluding hydrogens is 484 g/mol. The van der Waals surface area contributed by atoms with Crippen molar-refractivity contribution in [3.8, 4) is 11.5 Å². The number of hydrogen-bond acceptors (Lipinski definition) is 6. The van der Waals surface area contributed by atoms with Gasteiger partial charge in [0.1, 0.15) is 17.3 Å². The SMILES string of the molecule is COc1ccc(C2/C(=C(/O)c3ccc(OC)c(C(C)C)c3)C(=O)C(=O)N2c2ccc(NC(C)=O)cc2)cc1. The van der Waals surface area contributed by atoms with Gasteiger partial charge in [-0.25, -0.2) is 0 Å². The van der Waals surface area contributed by atoms with Gasteiger partial charge in [-0.1, -0.05) is 26.0 Å². The predicted octanol–water partition coefficient (Wildman–Crippen LogP) is 5.41. The Morgan fingerprint density at radius 2 is 1.61 bits per heavy atom. The molecule has 8 heteroatoms. The second-order valence-corrected chi connectivity index (χ2v) is 9.28. The zero-order valence-electron chi connectivity index (χ0n) is 21.9. The van der Waals surface area contributed by atoms with Crippen molar-refractivity contribution in [1.82, 2.24) is 0 Å². The van der Waals surface area contributed by atoms with Crippen LogP contribution in [0.25, 0.3) is 5.76 Å². The van der Waals surface area contributed by atoms with Crippen molar-refractivity contribution in [2.75, 3.05) is 24.4 Å². The highest BCUT2D eigenvalue weighted by molar-refractivity contribution is 6.51. The fourth-order valence-corrected chi connectivity index (χ4v) is 4.60. The number of carbonyl (C=O) groups is 3. The minimum Gasteiger partial charge on any atom is -0.507 e. The number of methoxy groups -OCH3 is 2. The summed E-state index contributed by atoms with van der Waals surface area (Å²) in [6.07, 6.45) is 0. The fourth-order valence-electron chi connectivity index (χ4n) is 4.60. The number of anilines is 2. The number of nitrogens with zero attached hydrogens (tertiary/aromatic N) is 1. The molecule has 2 N–H and O–H groups in total. The van der Waals surface area contributed by atoms with Gasteiger partial charge in [-0.15, -0.1) is 0 Å². The van der Waals surface area contributed by atoms with Gasteiger partial charge in [0.25, 0.3) is 11.7 Å². The first kappa shape index (κ1) is 26.5. The van der Waals surface area contributed by atoms with E-state index in [1.807, 2.05) is 13.8 Å². The molecule has 1 fully saturated rings. The van der Waals surface area contributed by atoms with E-state index in [0.29, 0.717) is 34.0 Å². The minimum absolute atomic E-state index is 0.0222.